The molecule has 0 N–H and O–H groups in total. The predicted molar refractivity (Wildman–Crippen MR) is 96.1 cm³/mol. The van der Waals surface area contributed by atoms with Crippen molar-refractivity contribution >= 4 is 0 Å². The maximum Gasteiger partial charge on any atom is -0.00680 e. The van der Waals surface area contributed by atoms with Gasteiger partial charge < -0.3 is 0 Å². The van der Waals surface area contributed by atoms with Crippen LogP contribution in [0.25, 0.3) is 22.3 Å². The normalized spacial score (nSPS) is 10.9. The van der Waals surface area contributed by atoms with Gasteiger partial charge in [0.05, 0.1) is 0 Å². The molecule has 0 aliphatic carbocycles. The lowest BCUT2D eigenvalue weighted by atomic mass is 9.85. The van der Waals surface area contributed by atoms with Crippen LogP contribution >= 0.6 is 0 Å². The van der Waals surface area contributed by atoms with E-state index in [1.54, 1.807) is 0 Å². The van der Waals surface area contributed by atoms with Crippen molar-refractivity contribution in [1.29, 1.82) is 0 Å². The Morgan fingerprint density at radius 1 is 0.636 bits per heavy atom. The topological polar surface area (TPSA) is 0 Å². The standard InChI is InChI=1S/C22H22/c1-16(2)19-14-9-15-21(18-11-5-4-6-12-18)22(19)20-13-8-7-10-17(20)3/h4-16H,1-3H3. The summed E-state index contributed by atoms with van der Waals surface area (Å²) in [5.74, 6) is 0.498. The molecule has 0 radical (unpaired) electrons. The molecular weight excluding hydrogens is 264 g/mol. The van der Waals surface area contributed by atoms with E-state index in [9.17, 15) is 0 Å². The summed E-state index contributed by atoms with van der Waals surface area (Å²) in [7, 11) is 0. The fourth-order valence-electron chi connectivity index (χ4n) is 3.06. The minimum Gasteiger partial charge on any atom is -0.0622 e. The van der Waals surface area contributed by atoms with Gasteiger partial charge in [-0.05, 0) is 46.2 Å². The average Bonchev–Trinajstić information content (AvgIpc) is 2.55. The quantitative estimate of drug-likeness (QED) is 0.519. The molecule has 0 aromatic heterocycles. The Kier molecular flexibility index (Phi) is 4.11. The van der Waals surface area contributed by atoms with Crippen LogP contribution in [0.1, 0.15) is 30.9 Å². The van der Waals surface area contributed by atoms with Gasteiger partial charge in [-0.1, -0.05) is 86.6 Å². The van der Waals surface area contributed by atoms with Gasteiger partial charge >= 0.3 is 0 Å². The molecule has 0 aliphatic rings. The van der Waals surface area contributed by atoms with Gasteiger partial charge in [0.2, 0.25) is 0 Å². The highest BCUT2D eigenvalue weighted by atomic mass is 14.2. The maximum atomic E-state index is 2.27. The number of hydrogen-bond donors (Lipinski definition) is 0. The molecule has 0 atom stereocenters. The molecule has 0 amide bonds. The number of hydrogen-bond acceptors (Lipinski definition) is 0. The molecule has 0 spiro atoms. The van der Waals surface area contributed by atoms with Crippen LogP contribution in [0.2, 0.25) is 0 Å². The van der Waals surface area contributed by atoms with Crippen molar-refractivity contribution in [3.8, 4) is 22.3 Å². The van der Waals surface area contributed by atoms with Crippen LogP contribution in [0, 0.1) is 6.92 Å². The van der Waals surface area contributed by atoms with Crippen molar-refractivity contribution in [2.75, 3.05) is 0 Å². The van der Waals surface area contributed by atoms with Crippen molar-refractivity contribution in [1.82, 2.24) is 0 Å². The minimum absolute atomic E-state index is 0.498. The second-order valence-electron chi connectivity index (χ2n) is 6.11. The van der Waals surface area contributed by atoms with Crippen LogP contribution in [-0.4, -0.2) is 0 Å². The van der Waals surface area contributed by atoms with E-state index < -0.39 is 0 Å². The smallest absolute Gasteiger partial charge is 0.00680 e. The third-order valence-electron chi connectivity index (χ3n) is 4.22. The summed E-state index contributed by atoms with van der Waals surface area (Å²) in [5.41, 5.74) is 8.06. The van der Waals surface area contributed by atoms with Crippen LogP contribution in [0.3, 0.4) is 0 Å². The molecule has 110 valence electrons. The zero-order valence-corrected chi connectivity index (χ0v) is 13.5. The first kappa shape index (κ1) is 14.6. The zero-order valence-electron chi connectivity index (χ0n) is 13.5. The summed E-state index contributed by atoms with van der Waals surface area (Å²) in [6.07, 6.45) is 0. The molecule has 0 heterocycles. The highest BCUT2D eigenvalue weighted by Gasteiger charge is 2.15. The highest BCUT2D eigenvalue weighted by Crippen LogP contribution is 2.39. The van der Waals surface area contributed by atoms with E-state index in [1.165, 1.54) is 33.4 Å². The Hall–Kier alpha value is -2.34. The molecule has 0 aliphatic heterocycles. The van der Waals surface area contributed by atoms with E-state index in [1.807, 2.05) is 0 Å². The van der Waals surface area contributed by atoms with Crippen LogP contribution in [0.4, 0.5) is 0 Å². The Morgan fingerprint density at radius 3 is 1.95 bits per heavy atom. The lowest BCUT2D eigenvalue weighted by Crippen LogP contribution is -1.97. The van der Waals surface area contributed by atoms with Gasteiger partial charge in [-0.2, -0.15) is 0 Å². The molecule has 0 saturated heterocycles. The van der Waals surface area contributed by atoms with E-state index >= 15 is 0 Å². The fraction of sp³-hybridized carbons (Fsp3) is 0.182. The third kappa shape index (κ3) is 2.69. The van der Waals surface area contributed by atoms with Gasteiger partial charge in [0.15, 0.2) is 0 Å². The van der Waals surface area contributed by atoms with E-state index in [0.29, 0.717) is 5.92 Å². The second kappa shape index (κ2) is 6.19. The van der Waals surface area contributed by atoms with Gasteiger partial charge in [0.1, 0.15) is 0 Å². The van der Waals surface area contributed by atoms with Gasteiger partial charge in [-0.3, -0.25) is 0 Å². The number of aryl methyl sites for hydroxylation is 1. The summed E-state index contributed by atoms with van der Waals surface area (Å²) >= 11 is 0. The molecular formula is C22H22. The van der Waals surface area contributed by atoms with Crippen LogP contribution in [0.5, 0.6) is 0 Å². The van der Waals surface area contributed by atoms with Crippen LogP contribution < -0.4 is 0 Å². The first-order chi connectivity index (χ1) is 10.7. The molecule has 0 nitrogen and oxygen atoms in total. The molecule has 3 rings (SSSR count). The summed E-state index contributed by atoms with van der Waals surface area (Å²) in [4.78, 5) is 0. The minimum atomic E-state index is 0.498. The van der Waals surface area contributed by atoms with Crippen molar-refractivity contribution < 1.29 is 0 Å². The second-order valence-corrected chi connectivity index (χ2v) is 6.11. The van der Waals surface area contributed by atoms with E-state index in [2.05, 4.69) is 93.6 Å². The largest absolute Gasteiger partial charge is 0.0622 e. The van der Waals surface area contributed by atoms with E-state index in [4.69, 9.17) is 0 Å². The molecule has 3 aromatic rings. The summed E-state index contributed by atoms with van der Waals surface area (Å²) < 4.78 is 0. The van der Waals surface area contributed by atoms with Gasteiger partial charge in [-0.25, -0.2) is 0 Å². The molecule has 0 saturated carbocycles. The SMILES string of the molecule is Cc1ccccc1-c1c(-c2ccccc2)cccc1C(C)C. The van der Waals surface area contributed by atoms with Crippen molar-refractivity contribution in [2.45, 2.75) is 26.7 Å². The number of rotatable bonds is 3. The molecule has 0 unspecified atom stereocenters. The summed E-state index contributed by atoms with van der Waals surface area (Å²) in [6, 6.07) is 26.0. The zero-order chi connectivity index (χ0) is 15.5. The third-order valence-corrected chi connectivity index (χ3v) is 4.22. The summed E-state index contributed by atoms with van der Waals surface area (Å²) in [6.45, 7) is 6.74. The monoisotopic (exact) mass is 286 g/mol. The van der Waals surface area contributed by atoms with Crippen molar-refractivity contribution in [3.63, 3.8) is 0 Å². The first-order valence-electron chi connectivity index (χ1n) is 7.93. The molecule has 0 heteroatoms. The summed E-state index contributed by atoms with van der Waals surface area (Å²) in [5, 5.41) is 0. The lowest BCUT2D eigenvalue weighted by Gasteiger charge is -2.19. The fourth-order valence-corrected chi connectivity index (χ4v) is 3.06. The maximum absolute atomic E-state index is 2.27. The van der Waals surface area contributed by atoms with Crippen LogP contribution in [-0.2, 0) is 0 Å². The first-order valence-corrected chi connectivity index (χ1v) is 7.93. The number of benzene rings is 3. The van der Waals surface area contributed by atoms with E-state index in [0.717, 1.165) is 0 Å². The van der Waals surface area contributed by atoms with Crippen molar-refractivity contribution in [2.24, 2.45) is 0 Å². The van der Waals surface area contributed by atoms with E-state index in [-0.39, 0.29) is 0 Å². The average molecular weight is 286 g/mol. The molecule has 0 fully saturated rings. The Bertz CT molecular complexity index is 767. The molecule has 22 heavy (non-hydrogen) atoms. The Labute approximate surface area is 133 Å². The molecule has 0 bridgehead atoms. The van der Waals surface area contributed by atoms with Crippen molar-refractivity contribution in [3.05, 3.63) is 83.9 Å². The predicted octanol–water partition coefficient (Wildman–Crippen LogP) is 6.45. The molecule has 3 aromatic carbocycles. The Balaban J connectivity index is 2.33. The van der Waals surface area contributed by atoms with Gasteiger partial charge in [0.25, 0.3) is 0 Å². The van der Waals surface area contributed by atoms with Gasteiger partial charge in [0, 0.05) is 0 Å². The highest BCUT2D eigenvalue weighted by molar-refractivity contribution is 5.87. The van der Waals surface area contributed by atoms with Gasteiger partial charge in [-0.15, -0.1) is 0 Å². The lowest BCUT2D eigenvalue weighted by molar-refractivity contribution is 0.869. The van der Waals surface area contributed by atoms with Crippen LogP contribution in [0.15, 0.2) is 72.8 Å². The Morgan fingerprint density at radius 2 is 1.27 bits per heavy atom.